The van der Waals surface area contributed by atoms with E-state index in [1.165, 1.54) is 0 Å². The Morgan fingerprint density at radius 2 is 1.92 bits per heavy atom. The number of fused-ring (bicyclic) bond motifs is 1. The van der Waals surface area contributed by atoms with Crippen LogP contribution in [-0.4, -0.2) is 57.4 Å². The van der Waals surface area contributed by atoms with Gasteiger partial charge in [-0.15, -0.1) is 0 Å². The van der Waals surface area contributed by atoms with E-state index in [1.807, 2.05) is 24.3 Å². The first-order valence-electron chi connectivity index (χ1n) is 8.92. The number of rotatable bonds is 4. The number of hydrogen-bond acceptors (Lipinski definition) is 5. The van der Waals surface area contributed by atoms with Gasteiger partial charge in [0.1, 0.15) is 0 Å². The predicted molar refractivity (Wildman–Crippen MR) is 99.8 cm³/mol. The van der Waals surface area contributed by atoms with Crippen molar-refractivity contribution in [1.29, 1.82) is 0 Å². The van der Waals surface area contributed by atoms with Gasteiger partial charge in [0.2, 0.25) is 11.8 Å². The zero-order valence-corrected chi connectivity index (χ0v) is 15.8. The van der Waals surface area contributed by atoms with Crippen LogP contribution in [0.25, 0.3) is 0 Å². The number of amides is 2. The number of para-hydroxylation sites is 1. The van der Waals surface area contributed by atoms with Gasteiger partial charge in [0.05, 0.1) is 6.54 Å². The van der Waals surface area contributed by atoms with E-state index >= 15 is 0 Å². The second-order valence-electron chi connectivity index (χ2n) is 6.98. The third-order valence-electron chi connectivity index (χ3n) is 5.35. The summed E-state index contributed by atoms with van der Waals surface area (Å²) in [6.45, 7) is 1.34. The van der Waals surface area contributed by atoms with E-state index in [0.717, 1.165) is 30.3 Å². The highest BCUT2D eigenvalue weighted by Gasteiger charge is 2.48. The minimum absolute atomic E-state index is 0.197. The molecule has 1 saturated heterocycles. The number of carbonyl (C=O) groups is 2. The summed E-state index contributed by atoms with van der Waals surface area (Å²) in [4.78, 5) is 27.0. The lowest BCUT2D eigenvalue weighted by Gasteiger charge is -2.35. The van der Waals surface area contributed by atoms with Gasteiger partial charge >= 0.3 is 0 Å². The molecule has 1 aromatic rings. The van der Waals surface area contributed by atoms with Crippen LogP contribution in [0.2, 0.25) is 0 Å². The van der Waals surface area contributed by atoms with Crippen LogP contribution in [0.4, 0.5) is 5.69 Å². The highest BCUT2D eigenvalue weighted by Crippen LogP contribution is 2.29. The number of aryl methyl sites for hydroxylation is 1. The summed E-state index contributed by atoms with van der Waals surface area (Å²) in [5.74, 6) is -0.789. The van der Waals surface area contributed by atoms with E-state index in [9.17, 15) is 18.0 Å². The van der Waals surface area contributed by atoms with Gasteiger partial charge < -0.3 is 15.5 Å². The summed E-state index contributed by atoms with van der Waals surface area (Å²) in [6, 6.07) is 7.73. The van der Waals surface area contributed by atoms with E-state index in [0.29, 0.717) is 19.6 Å². The molecule has 1 aromatic carbocycles. The molecule has 2 aliphatic rings. The highest BCUT2D eigenvalue weighted by molar-refractivity contribution is 7.92. The summed E-state index contributed by atoms with van der Waals surface area (Å²) in [5.41, 5.74) is 1.99. The van der Waals surface area contributed by atoms with Crippen molar-refractivity contribution in [3.63, 3.8) is 0 Å². The first-order chi connectivity index (χ1) is 12.3. The van der Waals surface area contributed by atoms with Crippen molar-refractivity contribution in [2.45, 2.75) is 30.4 Å². The molecule has 0 saturated carbocycles. The summed E-state index contributed by atoms with van der Waals surface area (Å²) in [7, 11) is -3.59. The molecule has 7 nitrogen and oxygen atoms in total. The summed E-state index contributed by atoms with van der Waals surface area (Å²) < 4.78 is 23.1. The van der Waals surface area contributed by atoms with Gasteiger partial charge in [-0.2, -0.15) is 0 Å². The molecule has 2 aliphatic heterocycles. The Bertz CT molecular complexity index is 800. The fourth-order valence-corrected chi connectivity index (χ4v) is 5.16. The summed E-state index contributed by atoms with van der Waals surface area (Å²) in [6.07, 6.45) is 3.34. The minimum Gasteiger partial charge on any atom is -0.346 e. The molecular weight excluding hydrogens is 354 g/mol. The Kier molecular flexibility index (Phi) is 5.34. The number of nitrogens with one attached hydrogen (secondary N) is 2. The monoisotopic (exact) mass is 379 g/mol. The standard InChI is InChI=1S/C18H25N3O4S/c1-26(24,25)18(8-10-19-11-9-18)17(23)20-13-16(22)21-12-4-6-14-5-2-3-7-15(14)21/h2-3,5,7,19H,4,6,8-13H2,1H3,(H,20,23). The lowest BCUT2D eigenvalue weighted by molar-refractivity contribution is -0.127. The van der Waals surface area contributed by atoms with Gasteiger partial charge in [-0.05, 0) is 50.4 Å². The molecule has 0 atom stereocenters. The summed E-state index contributed by atoms with van der Waals surface area (Å²) in [5, 5.41) is 5.66. The van der Waals surface area contributed by atoms with Crippen LogP contribution in [0.5, 0.6) is 0 Å². The van der Waals surface area contributed by atoms with Gasteiger partial charge in [0.25, 0.3) is 0 Å². The second kappa shape index (κ2) is 7.36. The van der Waals surface area contributed by atoms with Crippen LogP contribution in [-0.2, 0) is 25.8 Å². The lowest BCUT2D eigenvalue weighted by atomic mass is 9.96. The summed E-state index contributed by atoms with van der Waals surface area (Å²) >= 11 is 0. The Morgan fingerprint density at radius 1 is 1.23 bits per heavy atom. The normalized spacial score (nSPS) is 19.5. The molecule has 0 radical (unpaired) electrons. The number of piperidine rings is 1. The van der Waals surface area contributed by atoms with Gasteiger partial charge in [-0.25, -0.2) is 8.42 Å². The van der Waals surface area contributed by atoms with Crippen LogP contribution < -0.4 is 15.5 Å². The maximum absolute atomic E-state index is 12.7. The Labute approximate surface area is 154 Å². The molecule has 0 unspecified atom stereocenters. The first-order valence-corrected chi connectivity index (χ1v) is 10.8. The number of carbonyl (C=O) groups excluding carboxylic acids is 2. The molecule has 8 heteroatoms. The molecule has 2 N–H and O–H groups in total. The number of sulfone groups is 1. The van der Waals surface area contributed by atoms with E-state index in [1.54, 1.807) is 4.90 Å². The van der Waals surface area contributed by atoms with Crippen molar-refractivity contribution in [3.8, 4) is 0 Å². The predicted octanol–water partition coefficient (Wildman–Crippen LogP) is 0.249. The van der Waals surface area contributed by atoms with E-state index in [2.05, 4.69) is 10.6 Å². The van der Waals surface area contributed by atoms with Gasteiger partial charge in [-0.3, -0.25) is 9.59 Å². The van der Waals surface area contributed by atoms with Crippen molar-refractivity contribution in [1.82, 2.24) is 10.6 Å². The van der Waals surface area contributed by atoms with E-state index in [4.69, 9.17) is 0 Å². The molecule has 0 aromatic heterocycles. The van der Waals surface area contributed by atoms with Gasteiger partial charge in [0, 0.05) is 18.5 Å². The van der Waals surface area contributed by atoms with E-state index in [-0.39, 0.29) is 25.3 Å². The smallest absolute Gasteiger partial charge is 0.246 e. The fraction of sp³-hybridized carbons (Fsp3) is 0.556. The fourth-order valence-electron chi connectivity index (χ4n) is 3.80. The van der Waals surface area contributed by atoms with Crippen molar-refractivity contribution in [3.05, 3.63) is 29.8 Å². The zero-order chi connectivity index (χ0) is 18.8. The Morgan fingerprint density at radius 3 is 2.62 bits per heavy atom. The van der Waals surface area contributed by atoms with Crippen LogP contribution in [0.1, 0.15) is 24.8 Å². The maximum Gasteiger partial charge on any atom is 0.246 e. The zero-order valence-electron chi connectivity index (χ0n) is 15.0. The SMILES string of the molecule is CS(=O)(=O)C1(C(=O)NCC(=O)N2CCCc3ccccc32)CCNCC1. The average Bonchev–Trinajstić information content (AvgIpc) is 2.65. The molecule has 2 amide bonds. The molecule has 2 heterocycles. The Hall–Kier alpha value is -1.93. The first kappa shape index (κ1) is 18.8. The molecule has 26 heavy (non-hydrogen) atoms. The van der Waals surface area contributed by atoms with Crippen LogP contribution in [0.3, 0.4) is 0 Å². The lowest BCUT2D eigenvalue weighted by Crippen LogP contribution is -2.58. The number of nitrogens with zero attached hydrogens (tertiary/aromatic N) is 1. The number of anilines is 1. The molecular formula is C18H25N3O4S. The maximum atomic E-state index is 12.7. The van der Waals surface area contributed by atoms with Crippen LogP contribution >= 0.6 is 0 Å². The van der Waals surface area contributed by atoms with Crippen molar-refractivity contribution in [2.75, 3.05) is 37.3 Å². The molecule has 0 spiro atoms. The molecule has 142 valence electrons. The van der Waals surface area contributed by atoms with Crippen molar-refractivity contribution in [2.24, 2.45) is 0 Å². The largest absolute Gasteiger partial charge is 0.346 e. The van der Waals surface area contributed by atoms with Crippen molar-refractivity contribution >= 4 is 27.3 Å². The van der Waals surface area contributed by atoms with E-state index < -0.39 is 20.5 Å². The Balaban J connectivity index is 1.70. The quantitative estimate of drug-likeness (QED) is 0.782. The third-order valence-corrected chi connectivity index (χ3v) is 7.36. The minimum atomic E-state index is -3.59. The molecule has 1 fully saturated rings. The number of hydrogen-bond donors (Lipinski definition) is 2. The molecule has 0 bridgehead atoms. The van der Waals surface area contributed by atoms with Crippen LogP contribution in [0, 0.1) is 0 Å². The van der Waals surface area contributed by atoms with Crippen molar-refractivity contribution < 1.29 is 18.0 Å². The average molecular weight is 379 g/mol. The molecule has 0 aliphatic carbocycles. The number of benzene rings is 1. The molecule has 3 rings (SSSR count). The second-order valence-corrected chi connectivity index (χ2v) is 9.30. The highest BCUT2D eigenvalue weighted by atomic mass is 32.2. The van der Waals surface area contributed by atoms with Gasteiger partial charge in [-0.1, -0.05) is 18.2 Å². The third kappa shape index (κ3) is 3.48. The van der Waals surface area contributed by atoms with Gasteiger partial charge in [0.15, 0.2) is 14.6 Å². The van der Waals surface area contributed by atoms with Crippen LogP contribution in [0.15, 0.2) is 24.3 Å². The topological polar surface area (TPSA) is 95.6 Å².